The van der Waals surface area contributed by atoms with Crippen LogP contribution in [0.4, 0.5) is 11.8 Å². The number of hydrogen-bond donors (Lipinski definition) is 1. The Morgan fingerprint density at radius 2 is 2.31 bits per heavy atom. The summed E-state index contributed by atoms with van der Waals surface area (Å²) in [5, 5.41) is 0. The van der Waals surface area contributed by atoms with E-state index in [1.807, 2.05) is 13.0 Å². The largest absolute Gasteiger partial charge is 0.368 e. The number of aromatic nitrogens is 2. The zero-order chi connectivity index (χ0) is 11.5. The maximum absolute atomic E-state index is 5.68. The highest BCUT2D eigenvalue weighted by Gasteiger charge is 2.19. The molecule has 1 aliphatic rings. The molecule has 88 valence electrons. The number of nitrogens with zero attached hydrogens (tertiary/aromatic N) is 3. The molecular weight excluding hydrogens is 200 g/mol. The first kappa shape index (κ1) is 11.2. The van der Waals surface area contributed by atoms with E-state index >= 15 is 0 Å². The van der Waals surface area contributed by atoms with Crippen molar-refractivity contribution in [3.05, 3.63) is 11.8 Å². The second-order valence-corrected chi connectivity index (χ2v) is 4.59. The van der Waals surface area contributed by atoms with E-state index in [0.29, 0.717) is 5.95 Å². The van der Waals surface area contributed by atoms with Gasteiger partial charge in [0.05, 0.1) is 0 Å². The average molecular weight is 220 g/mol. The van der Waals surface area contributed by atoms with Crippen molar-refractivity contribution in [1.82, 2.24) is 9.97 Å². The second kappa shape index (κ2) is 4.68. The number of nitrogens with two attached hydrogens (primary N) is 1. The van der Waals surface area contributed by atoms with Gasteiger partial charge >= 0.3 is 0 Å². The zero-order valence-corrected chi connectivity index (χ0v) is 10.1. The van der Waals surface area contributed by atoms with Gasteiger partial charge in [-0.05, 0) is 25.7 Å². The summed E-state index contributed by atoms with van der Waals surface area (Å²) in [6.07, 6.45) is 3.84. The third kappa shape index (κ3) is 2.43. The van der Waals surface area contributed by atoms with Crippen molar-refractivity contribution in [3.63, 3.8) is 0 Å². The monoisotopic (exact) mass is 220 g/mol. The van der Waals surface area contributed by atoms with E-state index < -0.39 is 0 Å². The number of rotatable bonds is 2. The zero-order valence-electron chi connectivity index (χ0n) is 10.1. The quantitative estimate of drug-likeness (QED) is 0.828. The van der Waals surface area contributed by atoms with Crippen LogP contribution >= 0.6 is 0 Å². The molecule has 1 saturated heterocycles. The summed E-state index contributed by atoms with van der Waals surface area (Å²) in [5.41, 5.74) is 6.63. The predicted octanol–water partition coefficient (Wildman–Crippen LogP) is 1.99. The molecule has 2 N–H and O–H groups in total. The number of aryl methyl sites for hydroxylation is 1. The van der Waals surface area contributed by atoms with E-state index in [-0.39, 0.29) is 0 Å². The SMILES string of the molecule is CCC1CCCN(c2cc(C)nc(N)n2)C1. The first-order chi connectivity index (χ1) is 7.69. The Bertz CT molecular complexity index is 344. The Morgan fingerprint density at radius 1 is 1.50 bits per heavy atom. The van der Waals surface area contributed by atoms with Crippen LogP contribution in [0.15, 0.2) is 6.07 Å². The van der Waals surface area contributed by atoms with Gasteiger partial charge in [0, 0.05) is 24.8 Å². The number of anilines is 2. The number of hydrogen-bond acceptors (Lipinski definition) is 4. The highest BCUT2D eigenvalue weighted by molar-refractivity contribution is 5.43. The van der Waals surface area contributed by atoms with Crippen LogP contribution in [0.5, 0.6) is 0 Å². The van der Waals surface area contributed by atoms with Gasteiger partial charge in [-0.1, -0.05) is 13.3 Å². The molecule has 0 saturated carbocycles. The molecule has 1 unspecified atom stereocenters. The van der Waals surface area contributed by atoms with Crippen molar-refractivity contribution in [3.8, 4) is 0 Å². The molecule has 1 aliphatic heterocycles. The van der Waals surface area contributed by atoms with Crippen molar-refractivity contribution in [2.75, 3.05) is 23.7 Å². The summed E-state index contributed by atoms with van der Waals surface area (Å²) in [4.78, 5) is 10.8. The van der Waals surface area contributed by atoms with Crippen molar-refractivity contribution in [2.24, 2.45) is 5.92 Å². The van der Waals surface area contributed by atoms with E-state index in [2.05, 4.69) is 21.8 Å². The average Bonchev–Trinajstić information content (AvgIpc) is 2.28. The van der Waals surface area contributed by atoms with Crippen molar-refractivity contribution in [1.29, 1.82) is 0 Å². The van der Waals surface area contributed by atoms with E-state index in [1.54, 1.807) is 0 Å². The molecule has 0 bridgehead atoms. The fraction of sp³-hybridized carbons (Fsp3) is 0.667. The Morgan fingerprint density at radius 3 is 3.00 bits per heavy atom. The van der Waals surface area contributed by atoms with Crippen LogP contribution in [0, 0.1) is 12.8 Å². The van der Waals surface area contributed by atoms with Crippen molar-refractivity contribution < 1.29 is 0 Å². The molecule has 1 atom stereocenters. The molecule has 0 radical (unpaired) electrons. The van der Waals surface area contributed by atoms with Gasteiger partial charge in [-0.15, -0.1) is 0 Å². The van der Waals surface area contributed by atoms with Gasteiger partial charge in [-0.3, -0.25) is 0 Å². The maximum Gasteiger partial charge on any atom is 0.222 e. The summed E-state index contributed by atoms with van der Waals surface area (Å²) >= 11 is 0. The lowest BCUT2D eigenvalue weighted by Crippen LogP contribution is -2.35. The molecule has 1 fully saturated rings. The molecule has 1 aromatic heterocycles. The van der Waals surface area contributed by atoms with Gasteiger partial charge < -0.3 is 10.6 Å². The van der Waals surface area contributed by atoms with E-state index in [1.165, 1.54) is 19.3 Å². The third-order valence-electron chi connectivity index (χ3n) is 3.28. The molecule has 2 rings (SSSR count). The highest BCUT2D eigenvalue weighted by Crippen LogP contribution is 2.24. The minimum Gasteiger partial charge on any atom is -0.368 e. The van der Waals surface area contributed by atoms with Gasteiger partial charge in [0.25, 0.3) is 0 Å². The lowest BCUT2D eigenvalue weighted by molar-refractivity contribution is 0.403. The van der Waals surface area contributed by atoms with Crippen LogP contribution in [-0.4, -0.2) is 23.1 Å². The molecule has 4 nitrogen and oxygen atoms in total. The second-order valence-electron chi connectivity index (χ2n) is 4.59. The third-order valence-corrected chi connectivity index (χ3v) is 3.28. The molecule has 0 aliphatic carbocycles. The summed E-state index contributed by atoms with van der Waals surface area (Å²) < 4.78 is 0. The molecular formula is C12H20N4. The highest BCUT2D eigenvalue weighted by atomic mass is 15.2. The van der Waals surface area contributed by atoms with Crippen molar-refractivity contribution in [2.45, 2.75) is 33.1 Å². The van der Waals surface area contributed by atoms with Gasteiger partial charge in [0.2, 0.25) is 5.95 Å². The summed E-state index contributed by atoms with van der Waals surface area (Å²) in [7, 11) is 0. The van der Waals surface area contributed by atoms with Crippen molar-refractivity contribution >= 4 is 11.8 Å². The molecule has 2 heterocycles. The normalized spacial score (nSPS) is 21.1. The lowest BCUT2D eigenvalue weighted by atomic mass is 9.96. The fourth-order valence-corrected chi connectivity index (χ4v) is 2.34. The topological polar surface area (TPSA) is 55.0 Å². The minimum atomic E-state index is 0.383. The molecule has 1 aromatic rings. The lowest BCUT2D eigenvalue weighted by Gasteiger charge is -2.33. The van der Waals surface area contributed by atoms with Crippen LogP contribution in [0.1, 0.15) is 31.9 Å². The van der Waals surface area contributed by atoms with Crippen LogP contribution < -0.4 is 10.6 Å². The molecule has 4 heteroatoms. The Labute approximate surface area is 96.9 Å². The molecule has 0 aromatic carbocycles. The standard InChI is InChI=1S/C12H20N4/c1-3-10-5-4-6-16(8-10)11-7-9(2)14-12(13)15-11/h7,10H,3-6,8H2,1-2H3,(H2,13,14,15). The Kier molecular flexibility index (Phi) is 3.27. The number of nitrogen functional groups attached to an aromatic ring is 1. The van der Waals surface area contributed by atoms with Gasteiger partial charge in [0.15, 0.2) is 0 Å². The maximum atomic E-state index is 5.68. The summed E-state index contributed by atoms with van der Waals surface area (Å²) in [5.74, 6) is 2.17. The summed E-state index contributed by atoms with van der Waals surface area (Å²) in [6, 6.07) is 2.02. The number of piperidine rings is 1. The van der Waals surface area contributed by atoms with E-state index in [0.717, 1.165) is 30.5 Å². The first-order valence-electron chi connectivity index (χ1n) is 6.05. The molecule has 0 amide bonds. The molecule has 0 spiro atoms. The summed E-state index contributed by atoms with van der Waals surface area (Å²) in [6.45, 7) is 6.41. The first-order valence-corrected chi connectivity index (χ1v) is 6.05. The van der Waals surface area contributed by atoms with Gasteiger partial charge in [-0.25, -0.2) is 4.98 Å². The van der Waals surface area contributed by atoms with Gasteiger partial charge in [0.1, 0.15) is 5.82 Å². The van der Waals surface area contributed by atoms with E-state index in [9.17, 15) is 0 Å². The van der Waals surface area contributed by atoms with Crippen LogP contribution in [-0.2, 0) is 0 Å². The Balaban J connectivity index is 2.16. The van der Waals surface area contributed by atoms with Crippen LogP contribution in [0.25, 0.3) is 0 Å². The van der Waals surface area contributed by atoms with E-state index in [4.69, 9.17) is 5.73 Å². The predicted molar refractivity (Wildman–Crippen MR) is 66.4 cm³/mol. The van der Waals surface area contributed by atoms with Crippen LogP contribution in [0.2, 0.25) is 0 Å². The minimum absolute atomic E-state index is 0.383. The van der Waals surface area contributed by atoms with Gasteiger partial charge in [-0.2, -0.15) is 4.98 Å². The fourth-order valence-electron chi connectivity index (χ4n) is 2.34. The Hall–Kier alpha value is -1.32. The smallest absolute Gasteiger partial charge is 0.222 e. The van der Waals surface area contributed by atoms with Crippen LogP contribution in [0.3, 0.4) is 0 Å². The molecule has 16 heavy (non-hydrogen) atoms.